The highest BCUT2D eigenvalue weighted by molar-refractivity contribution is 5.91. The molecule has 196 valence electrons. The quantitative estimate of drug-likeness (QED) is 0.491. The zero-order valence-electron chi connectivity index (χ0n) is 21.5. The molecule has 10 atom stereocenters. The average molecular weight is 503 g/mol. The number of esters is 2. The molecule has 3 saturated heterocycles. The Balaban J connectivity index is 1.52. The number of furan rings is 1. The molecule has 5 fully saturated rings. The number of rotatable bonds is 3. The van der Waals surface area contributed by atoms with Crippen LogP contribution in [0.2, 0.25) is 0 Å². The third-order valence-corrected chi connectivity index (χ3v) is 10.7. The second kappa shape index (κ2) is 6.99. The molecule has 1 N–H and O–H groups in total. The molecule has 2 unspecified atom stereocenters. The Labute approximate surface area is 209 Å². The second-order valence-corrected chi connectivity index (χ2v) is 12.5. The van der Waals surface area contributed by atoms with Gasteiger partial charge in [-0.25, -0.2) is 4.79 Å². The van der Waals surface area contributed by atoms with E-state index in [4.69, 9.17) is 23.4 Å². The first-order valence-corrected chi connectivity index (χ1v) is 12.7. The average Bonchev–Trinajstić information content (AvgIpc) is 3.31. The minimum Gasteiger partial charge on any atom is -0.472 e. The molecule has 9 heteroatoms. The topological polar surface area (TPSA) is 125 Å². The highest BCUT2D eigenvalue weighted by Crippen LogP contribution is 2.79. The summed E-state index contributed by atoms with van der Waals surface area (Å²) in [6, 6.07) is 1.77. The Hall–Kier alpha value is -2.23. The molecule has 2 aliphatic carbocycles. The van der Waals surface area contributed by atoms with Gasteiger partial charge in [0.05, 0.1) is 43.7 Å². The van der Waals surface area contributed by atoms with Crippen LogP contribution >= 0.6 is 0 Å². The van der Waals surface area contributed by atoms with Crippen LogP contribution in [0.5, 0.6) is 0 Å². The van der Waals surface area contributed by atoms with Crippen LogP contribution in [0.1, 0.15) is 65.5 Å². The van der Waals surface area contributed by atoms with Crippen molar-refractivity contribution in [3.05, 3.63) is 24.2 Å². The molecule has 0 amide bonds. The summed E-state index contributed by atoms with van der Waals surface area (Å²) in [5.41, 5.74) is -3.91. The molecule has 6 rings (SSSR count). The second-order valence-electron chi connectivity index (χ2n) is 12.5. The summed E-state index contributed by atoms with van der Waals surface area (Å²) in [5.74, 6) is -2.15. The number of aliphatic hydroxyl groups excluding tert-OH is 1. The van der Waals surface area contributed by atoms with E-state index in [1.54, 1.807) is 12.3 Å². The summed E-state index contributed by atoms with van der Waals surface area (Å²) in [6.45, 7) is 9.58. The largest absolute Gasteiger partial charge is 0.472 e. The molecule has 1 aromatic heterocycles. The maximum Gasteiger partial charge on any atom is 0.339 e. The Bertz CT molecular complexity index is 1140. The lowest BCUT2D eigenvalue weighted by atomic mass is 9.37. The van der Waals surface area contributed by atoms with Gasteiger partial charge < -0.3 is 28.5 Å². The smallest absolute Gasteiger partial charge is 0.339 e. The molecule has 1 spiro atoms. The van der Waals surface area contributed by atoms with Crippen molar-refractivity contribution in [2.24, 2.45) is 28.1 Å². The summed E-state index contributed by atoms with van der Waals surface area (Å²) in [4.78, 5) is 39.7. The fourth-order valence-electron chi connectivity index (χ4n) is 9.38. The SMILES string of the molecule is COC(=O)CC1OC(C)(C)[C@@H]2C(=O)C(O)[C@]3(C)[C@H](CC[C@@]4(C)[C@H](c5ccoc5)OC(=O)[C@H]5O[C@]543)[C@@]12C. The van der Waals surface area contributed by atoms with Gasteiger partial charge in [0.25, 0.3) is 0 Å². The molecule has 9 nitrogen and oxygen atoms in total. The van der Waals surface area contributed by atoms with Gasteiger partial charge in [0.15, 0.2) is 11.9 Å². The van der Waals surface area contributed by atoms with E-state index in [0.717, 1.165) is 5.56 Å². The third-order valence-electron chi connectivity index (χ3n) is 10.7. The standard InChI is InChI=1S/C27H34O9/c1-23(2)18-17(29)19(30)26(5)14(25(18,4)15(35-23)11-16(28)32-6)7-9-24(3)20(13-8-10-33-12-13)34-22(31)21-27(24,26)36-21/h8,10,12,14-15,18-21,30H,7,9,11H2,1-6H3/t14-,15?,18+,19?,20+,21-,24+,25+,26+,27-/m1/s1. The minimum absolute atomic E-state index is 0.00285. The predicted molar refractivity (Wildman–Crippen MR) is 122 cm³/mol. The van der Waals surface area contributed by atoms with Gasteiger partial charge in [-0.05, 0) is 38.7 Å². The Morgan fingerprint density at radius 1 is 1.14 bits per heavy atom. The lowest BCUT2D eigenvalue weighted by molar-refractivity contribution is -0.238. The number of epoxide rings is 1. The minimum atomic E-state index is -1.37. The molecule has 1 aromatic rings. The number of carbonyl (C=O) groups is 3. The third kappa shape index (κ3) is 2.45. The monoisotopic (exact) mass is 502 g/mol. The van der Waals surface area contributed by atoms with E-state index in [9.17, 15) is 19.5 Å². The zero-order chi connectivity index (χ0) is 26.1. The number of Topliss-reactive ketones (excluding diaryl/α,β-unsaturated/α-hetero) is 1. The van der Waals surface area contributed by atoms with Gasteiger partial charge in [-0.2, -0.15) is 0 Å². The molecule has 3 aliphatic heterocycles. The maximum absolute atomic E-state index is 14.1. The molecule has 5 aliphatic rings. The van der Waals surface area contributed by atoms with Gasteiger partial charge in [0.1, 0.15) is 17.8 Å². The van der Waals surface area contributed by atoms with Crippen molar-refractivity contribution in [1.29, 1.82) is 0 Å². The lowest BCUT2D eigenvalue weighted by Crippen LogP contribution is -2.74. The molecule has 4 heterocycles. The molecule has 36 heavy (non-hydrogen) atoms. The van der Waals surface area contributed by atoms with E-state index in [0.29, 0.717) is 12.8 Å². The Kier molecular flexibility index (Phi) is 4.69. The molecule has 0 aromatic carbocycles. The van der Waals surface area contributed by atoms with Crippen LogP contribution in [-0.2, 0) is 33.3 Å². The van der Waals surface area contributed by atoms with Crippen LogP contribution < -0.4 is 0 Å². The van der Waals surface area contributed by atoms with Crippen LogP contribution in [0.25, 0.3) is 0 Å². The number of hydrogen-bond acceptors (Lipinski definition) is 9. The Morgan fingerprint density at radius 3 is 2.50 bits per heavy atom. The van der Waals surface area contributed by atoms with Crippen molar-refractivity contribution in [3.63, 3.8) is 0 Å². The van der Waals surface area contributed by atoms with E-state index in [2.05, 4.69) is 0 Å². The number of ketones is 1. The number of fused-ring (bicyclic) bond motifs is 3. The van der Waals surface area contributed by atoms with Crippen molar-refractivity contribution in [2.45, 2.75) is 89.5 Å². The van der Waals surface area contributed by atoms with Crippen molar-refractivity contribution in [3.8, 4) is 0 Å². The molecule has 2 saturated carbocycles. The summed E-state index contributed by atoms with van der Waals surface area (Å²) in [6.07, 6.45) is 0.861. The van der Waals surface area contributed by atoms with Gasteiger partial charge in [-0.15, -0.1) is 0 Å². The van der Waals surface area contributed by atoms with Crippen molar-refractivity contribution < 1.29 is 42.9 Å². The number of carbonyl (C=O) groups excluding carboxylic acids is 3. The highest BCUT2D eigenvalue weighted by atomic mass is 16.7. The van der Waals surface area contributed by atoms with Crippen LogP contribution in [0.3, 0.4) is 0 Å². The number of hydrogen-bond donors (Lipinski definition) is 1. The molecule has 0 radical (unpaired) electrons. The molecular weight excluding hydrogens is 468 g/mol. The first kappa shape index (κ1) is 24.1. The first-order chi connectivity index (χ1) is 16.8. The van der Waals surface area contributed by atoms with E-state index in [-0.39, 0.29) is 18.1 Å². The summed E-state index contributed by atoms with van der Waals surface area (Å²) >= 11 is 0. The fourth-order valence-corrected chi connectivity index (χ4v) is 9.38. The van der Waals surface area contributed by atoms with E-state index >= 15 is 0 Å². The van der Waals surface area contributed by atoms with E-state index in [1.165, 1.54) is 13.4 Å². The van der Waals surface area contributed by atoms with Crippen LogP contribution in [-0.4, -0.2) is 59.5 Å². The first-order valence-electron chi connectivity index (χ1n) is 12.7. The van der Waals surface area contributed by atoms with E-state index < -0.39 is 69.7 Å². The number of ether oxygens (including phenoxy) is 4. The lowest BCUT2D eigenvalue weighted by Gasteiger charge is -2.66. The summed E-state index contributed by atoms with van der Waals surface area (Å²) < 4.78 is 28.9. The van der Waals surface area contributed by atoms with Gasteiger partial charge in [-0.1, -0.05) is 20.8 Å². The van der Waals surface area contributed by atoms with Crippen molar-refractivity contribution >= 4 is 17.7 Å². The summed E-state index contributed by atoms with van der Waals surface area (Å²) in [5, 5.41) is 11.8. The molecule has 0 bridgehead atoms. The van der Waals surface area contributed by atoms with Gasteiger partial charge in [0.2, 0.25) is 0 Å². The number of cyclic esters (lactones) is 1. The predicted octanol–water partition coefficient (Wildman–Crippen LogP) is 2.74. The normalized spacial score (nSPS) is 50.3. The van der Waals surface area contributed by atoms with Crippen molar-refractivity contribution in [1.82, 2.24) is 0 Å². The summed E-state index contributed by atoms with van der Waals surface area (Å²) in [7, 11) is 1.33. The number of methoxy groups -OCH3 is 1. The van der Waals surface area contributed by atoms with Crippen LogP contribution in [0.15, 0.2) is 23.0 Å². The van der Waals surface area contributed by atoms with Gasteiger partial charge >= 0.3 is 11.9 Å². The Morgan fingerprint density at radius 2 is 1.86 bits per heavy atom. The van der Waals surface area contributed by atoms with Crippen LogP contribution in [0, 0.1) is 28.1 Å². The highest BCUT2D eigenvalue weighted by Gasteiger charge is 2.89. The van der Waals surface area contributed by atoms with E-state index in [1.807, 2.05) is 34.6 Å². The fraction of sp³-hybridized carbons (Fsp3) is 0.741. The van der Waals surface area contributed by atoms with Gasteiger partial charge in [0, 0.05) is 21.8 Å². The molecular formula is C27H34O9. The zero-order valence-corrected chi connectivity index (χ0v) is 21.5. The van der Waals surface area contributed by atoms with Gasteiger partial charge in [-0.3, -0.25) is 9.59 Å². The maximum atomic E-state index is 14.1. The number of aliphatic hydroxyl groups is 1. The van der Waals surface area contributed by atoms with Crippen molar-refractivity contribution in [2.75, 3.05) is 7.11 Å². The van der Waals surface area contributed by atoms with Crippen LogP contribution in [0.4, 0.5) is 0 Å².